The van der Waals surface area contributed by atoms with Crippen molar-refractivity contribution in [1.29, 1.82) is 0 Å². The molecule has 120 valence electrons. The highest BCUT2D eigenvalue weighted by Gasteiger charge is 2.20. The lowest BCUT2D eigenvalue weighted by molar-refractivity contribution is 0.0696. The Bertz CT molecular complexity index is 715. The van der Waals surface area contributed by atoms with E-state index in [1.54, 1.807) is 12.1 Å². The third-order valence-electron chi connectivity index (χ3n) is 4.33. The Kier molecular flexibility index (Phi) is 4.64. The molecule has 2 heterocycles. The van der Waals surface area contributed by atoms with Gasteiger partial charge in [0.1, 0.15) is 0 Å². The lowest BCUT2D eigenvalue weighted by Crippen LogP contribution is -2.27. The zero-order valence-electron chi connectivity index (χ0n) is 13.0. The second-order valence-corrected chi connectivity index (χ2v) is 6.51. The van der Waals surface area contributed by atoms with Crippen molar-refractivity contribution < 1.29 is 9.90 Å². The summed E-state index contributed by atoms with van der Waals surface area (Å²) in [5.74, 6) is -0.538. The number of aromatic carboxylic acids is 1. The van der Waals surface area contributed by atoms with Crippen molar-refractivity contribution in [2.24, 2.45) is 0 Å². The van der Waals surface area contributed by atoms with E-state index in [9.17, 15) is 4.79 Å². The number of fused-ring (bicyclic) bond motifs is 1. The average Bonchev–Trinajstić information content (AvgIpc) is 2.67. The second-order valence-electron chi connectivity index (χ2n) is 6.07. The van der Waals surface area contributed by atoms with Crippen molar-refractivity contribution >= 4 is 17.6 Å². The molecule has 1 atom stereocenters. The molecule has 1 aromatic heterocycles. The van der Waals surface area contributed by atoms with Gasteiger partial charge >= 0.3 is 5.97 Å². The Morgan fingerprint density at radius 2 is 2.22 bits per heavy atom. The maximum atomic E-state index is 10.9. The van der Waals surface area contributed by atoms with E-state index in [1.165, 1.54) is 17.3 Å². The van der Waals surface area contributed by atoms with Crippen LogP contribution in [0.15, 0.2) is 36.5 Å². The van der Waals surface area contributed by atoms with Crippen LogP contribution in [0, 0.1) is 0 Å². The zero-order chi connectivity index (χ0) is 16.4. The lowest BCUT2D eigenvalue weighted by Gasteiger charge is -2.22. The molecule has 23 heavy (non-hydrogen) atoms. The normalized spacial score (nSPS) is 18.3. The van der Waals surface area contributed by atoms with Crippen molar-refractivity contribution in [1.82, 2.24) is 9.88 Å². The molecule has 0 saturated carbocycles. The van der Waals surface area contributed by atoms with Crippen LogP contribution in [0.3, 0.4) is 0 Å². The maximum absolute atomic E-state index is 10.9. The fourth-order valence-electron chi connectivity index (χ4n) is 3.12. The zero-order valence-corrected chi connectivity index (χ0v) is 13.8. The van der Waals surface area contributed by atoms with Crippen LogP contribution in [-0.4, -0.2) is 34.0 Å². The molecule has 2 aromatic rings. The molecule has 1 unspecified atom stereocenters. The van der Waals surface area contributed by atoms with Crippen LogP contribution in [0.25, 0.3) is 0 Å². The summed E-state index contributed by atoms with van der Waals surface area (Å²) in [6.45, 7) is 4.84. The average molecular weight is 331 g/mol. The first-order chi connectivity index (χ1) is 11.0. The van der Waals surface area contributed by atoms with E-state index in [-0.39, 0.29) is 5.56 Å². The van der Waals surface area contributed by atoms with E-state index in [0.29, 0.717) is 5.92 Å². The summed E-state index contributed by atoms with van der Waals surface area (Å²) in [6, 6.07) is 9.56. The first-order valence-corrected chi connectivity index (χ1v) is 8.09. The molecule has 5 heteroatoms. The van der Waals surface area contributed by atoms with Gasteiger partial charge in [0, 0.05) is 30.9 Å². The molecular formula is C18H19ClN2O2. The maximum Gasteiger partial charge on any atom is 0.337 e. The summed E-state index contributed by atoms with van der Waals surface area (Å²) >= 11 is 6.13. The van der Waals surface area contributed by atoms with E-state index in [1.807, 2.05) is 6.07 Å². The van der Waals surface area contributed by atoms with E-state index >= 15 is 0 Å². The number of benzene rings is 1. The summed E-state index contributed by atoms with van der Waals surface area (Å²) in [5, 5.41) is 9.72. The topological polar surface area (TPSA) is 53.4 Å². The number of carboxylic acid groups (broad SMARTS) is 1. The van der Waals surface area contributed by atoms with Crippen LogP contribution in [-0.2, 0) is 13.0 Å². The summed E-state index contributed by atoms with van der Waals surface area (Å²) in [7, 11) is 0. The molecule has 3 rings (SSSR count). The fourth-order valence-corrected chi connectivity index (χ4v) is 3.31. The van der Waals surface area contributed by atoms with Gasteiger partial charge in [-0.2, -0.15) is 0 Å². The highest BCUT2D eigenvalue weighted by molar-refractivity contribution is 6.30. The van der Waals surface area contributed by atoms with Crippen LogP contribution < -0.4 is 0 Å². The molecule has 4 nitrogen and oxygen atoms in total. The third-order valence-corrected chi connectivity index (χ3v) is 4.56. The van der Waals surface area contributed by atoms with Gasteiger partial charge in [-0.1, -0.05) is 24.6 Å². The first kappa shape index (κ1) is 16.0. The molecule has 0 amide bonds. The van der Waals surface area contributed by atoms with Crippen LogP contribution >= 0.6 is 11.6 Å². The first-order valence-electron chi connectivity index (χ1n) is 7.72. The molecule has 0 saturated heterocycles. The van der Waals surface area contributed by atoms with Crippen molar-refractivity contribution in [3.8, 4) is 0 Å². The molecule has 0 aliphatic carbocycles. The van der Waals surface area contributed by atoms with Gasteiger partial charge in [-0.15, -0.1) is 0 Å². The smallest absolute Gasteiger partial charge is 0.337 e. The lowest BCUT2D eigenvalue weighted by atomic mass is 9.95. The van der Waals surface area contributed by atoms with E-state index in [0.717, 1.165) is 36.8 Å². The molecule has 0 radical (unpaired) electrons. The number of carboxylic acids is 1. The van der Waals surface area contributed by atoms with Gasteiger partial charge in [0.15, 0.2) is 0 Å². The molecule has 1 aromatic carbocycles. The molecule has 0 bridgehead atoms. The predicted molar refractivity (Wildman–Crippen MR) is 90.0 cm³/mol. The van der Waals surface area contributed by atoms with Gasteiger partial charge in [-0.25, -0.2) is 4.79 Å². The van der Waals surface area contributed by atoms with Crippen molar-refractivity contribution in [2.45, 2.75) is 25.8 Å². The number of halogens is 1. The largest absolute Gasteiger partial charge is 0.478 e. The Hall–Kier alpha value is -1.91. The molecule has 0 fully saturated rings. The molecule has 1 aliphatic rings. The van der Waals surface area contributed by atoms with Crippen LogP contribution in [0.5, 0.6) is 0 Å². The molecule has 1 N–H and O–H groups in total. The summed E-state index contributed by atoms with van der Waals surface area (Å²) in [5.41, 5.74) is 3.80. The van der Waals surface area contributed by atoms with Gasteiger partial charge in [-0.05, 0) is 47.7 Å². The minimum atomic E-state index is -0.945. The second kappa shape index (κ2) is 6.69. The number of aromatic nitrogens is 1. The highest BCUT2D eigenvalue weighted by Crippen LogP contribution is 2.28. The number of hydrogen-bond acceptors (Lipinski definition) is 3. The summed E-state index contributed by atoms with van der Waals surface area (Å²) < 4.78 is 0. The van der Waals surface area contributed by atoms with Crippen LogP contribution in [0.4, 0.5) is 0 Å². The van der Waals surface area contributed by atoms with Gasteiger partial charge in [0.05, 0.1) is 11.3 Å². The number of nitrogens with zero attached hydrogens (tertiary/aromatic N) is 2. The molecule has 1 aliphatic heterocycles. The highest BCUT2D eigenvalue weighted by atomic mass is 35.5. The van der Waals surface area contributed by atoms with Crippen LogP contribution in [0.1, 0.15) is 40.0 Å². The quantitative estimate of drug-likeness (QED) is 0.934. The minimum Gasteiger partial charge on any atom is -0.478 e. The predicted octanol–water partition coefficient (Wildman–Crippen LogP) is 3.60. The Balaban J connectivity index is 1.72. The van der Waals surface area contributed by atoms with E-state index in [2.05, 4.69) is 28.9 Å². The standard InChI is InChI=1S/C18H19ClN2O2/c1-12-10-21(7-6-13-2-4-15(19)8-17(12)13)11-16-5-3-14(9-20-16)18(22)23/h2-5,8-9,12H,6-7,10-11H2,1H3,(H,22,23). The van der Waals surface area contributed by atoms with Gasteiger partial charge in [0.2, 0.25) is 0 Å². The van der Waals surface area contributed by atoms with Gasteiger partial charge < -0.3 is 5.11 Å². The number of carbonyl (C=O) groups is 1. The molecular weight excluding hydrogens is 312 g/mol. The summed E-state index contributed by atoms with van der Waals surface area (Å²) in [4.78, 5) is 17.5. The Morgan fingerprint density at radius 3 is 2.91 bits per heavy atom. The van der Waals surface area contributed by atoms with E-state index < -0.39 is 5.97 Å². The van der Waals surface area contributed by atoms with E-state index in [4.69, 9.17) is 16.7 Å². The number of rotatable bonds is 3. The Morgan fingerprint density at radius 1 is 1.39 bits per heavy atom. The number of pyridine rings is 1. The van der Waals surface area contributed by atoms with Gasteiger partial charge in [0.25, 0.3) is 0 Å². The SMILES string of the molecule is CC1CN(Cc2ccc(C(=O)O)cn2)CCc2ccc(Cl)cc21. The molecule has 0 spiro atoms. The fraction of sp³-hybridized carbons (Fsp3) is 0.333. The minimum absolute atomic E-state index is 0.222. The number of hydrogen-bond donors (Lipinski definition) is 1. The summed E-state index contributed by atoms with van der Waals surface area (Å²) in [6.07, 6.45) is 2.41. The van der Waals surface area contributed by atoms with Gasteiger partial charge in [-0.3, -0.25) is 9.88 Å². The van der Waals surface area contributed by atoms with Crippen molar-refractivity contribution in [3.63, 3.8) is 0 Å². The third kappa shape index (κ3) is 3.71. The van der Waals surface area contributed by atoms with Crippen molar-refractivity contribution in [2.75, 3.05) is 13.1 Å². The van der Waals surface area contributed by atoms with Crippen molar-refractivity contribution in [3.05, 3.63) is 63.9 Å². The monoisotopic (exact) mass is 330 g/mol. The Labute approximate surface area is 140 Å². The van der Waals surface area contributed by atoms with Crippen LogP contribution in [0.2, 0.25) is 5.02 Å².